The minimum absolute atomic E-state index is 0.0112. The minimum atomic E-state index is -0.520. The summed E-state index contributed by atoms with van der Waals surface area (Å²) in [5, 5.41) is 10.3. The van der Waals surface area contributed by atoms with Crippen molar-refractivity contribution < 1.29 is 19.1 Å². The van der Waals surface area contributed by atoms with E-state index in [1.807, 2.05) is 0 Å². The monoisotopic (exact) mass is 381 g/mol. The van der Waals surface area contributed by atoms with Gasteiger partial charge < -0.3 is 14.8 Å². The van der Waals surface area contributed by atoms with Crippen LogP contribution in [0.15, 0.2) is 47.3 Å². The molecule has 0 radical (unpaired) electrons. The first-order valence-electron chi connectivity index (χ1n) is 8.51. The average molecular weight is 381 g/mol. The van der Waals surface area contributed by atoms with Crippen molar-refractivity contribution in [3.8, 4) is 5.75 Å². The van der Waals surface area contributed by atoms with Gasteiger partial charge in [-0.15, -0.1) is 0 Å². The SMILES string of the molecule is COC(=O)c1cc(CNC(=O)Cc2n[nH]c(=O)c3ccccc23)ccc1OC. The van der Waals surface area contributed by atoms with E-state index in [0.717, 1.165) is 0 Å². The van der Waals surface area contributed by atoms with Crippen molar-refractivity contribution in [1.82, 2.24) is 15.5 Å². The van der Waals surface area contributed by atoms with Gasteiger partial charge in [0.2, 0.25) is 5.91 Å². The predicted octanol–water partition coefficient (Wildman–Crippen LogP) is 1.58. The van der Waals surface area contributed by atoms with E-state index in [-0.39, 0.29) is 30.0 Å². The van der Waals surface area contributed by atoms with Crippen molar-refractivity contribution in [2.24, 2.45) is 0 Å². The number of nitrogens with zero attached hydrogens (tertiary/aromatic N) is 1. The summed E-state index contributed by atoms with van der Waals surface area (Å²) in [7, 11) is 2.75. The lowest BCUT2D eigenvalue weighted by Crippen LogP contribution is -2.26. The van der Waals surface area contributed by atoms with Crippen LogP contribution in [0.4, 0.5) is 0 Å². The van der Waals surface area contributed by atoms with E-state index in [9.17, 15) is 14.4 Å². The Kier molecular flexibility index (Phi) is 5.69. The van der Waals surface area contributed by atoms with E-state index in [0.29, 0.717) is 27.8 Å². The van der Waals surface area contributed by atoms with Crippen LogP contribution in [0.3, 0.4) is 0 Å². The number of ether oxygens (including phenoxy) is 2. The van der Waals surface area contributed by atoms with Crippen LogP contribution < -0.4 is 15.6 Å². The fraction of sp³-hybridized carbons (Fsp3) is 0.200. The summed E-state index contributed by atoms with van der Waals surface area (Å²) >= 11 is 0. The molecule has 0 saturated heterocycles. The van der Waals surface area contributed by atoms with E-state index in [4.69, 9.17) is 9.47 Å². The van der Waals surface area contributed by atoms with E-state index >= 15 is 0 Å². The Labute approximate surface area is 160 Å². The lowest BCUT2D eigenvalue weighted by Gasteiger charge is -2.10. The lowest BCUT2D eigenvalue weighted by atomic mass is 10.1. The van der Waals surface area contributed by atoms with Gasteiger partial charge in [-0.05, 0) is 23.8 Å². The van der Waals surface area contributed by atoms with Gasteiger partial charge in [-0.2, -0.15) is 5.10 Å². The number of carbonyl (C=O) groups is 2. The van der Waals surface area contributed by atoms with Crippen LogP contribution in [0, 0.1) is 0 Å². The van der Waals surface area contributed by atoms with Crippen molar-refractivity contribution in [1.29, 1.82) is 0 Å². The Bertz CT molecular complexity index is 1090. The number of aromatic amines is 1. The summed E-state index contributed by atoms with van der Waals surface area (Å²) < 4.78 is 9.90. The van der Waals surface area contributed by atoms with E-state index in [2.05, 4.69) is 15.5 Å². The highest BCUT2D eigenvalue weighted by Crippen LogP contribution is 2.21. The molecule has 0 saturated carbocycles. The van der Waals surface area contributed by atoms with Gasteiger partial charge in [0.15, 0.2) is 0 Å². The second-order valence-corrected chi connectivity index (χ2v) is 6.02. The third kappa shape index (κ3) is 4.01. The van der Waals surface area contributed by atoms with Crippen LogP contribution in [0.25, 0.3) is 10.8 Å². The zero-order chi connectivity index (χ0) is 20.1. The van der Waals surface area contributed by atoms with Crippen LogP contribution in [0.5, 0.6) is 5.75 Å². The number of esters is 1. The number of rotatable bonds is 6. The molecule has 0 bridgehead atoms. The Morgan fingerprint density at radius 3 is 2.57 bits per heavy atom. The van der Waals surface area contributed by atoms with E-state index in [1.165, 1.54) is 14.2 Å². The van der Waals surface area contributed by atoms with Gasteiger partial charge in [0.05, 0.1) is 31.7 Å². The first-order valence-corrected chi connectivity index (χ1v) is 8.51. The molecular weight excluding hydrogens is 362 g/mol. The van der Waals surface area contributed by atoms with E-state index < -0.39 is 5.97 Å². The number of H-pyrrole nitrogens is 1. The van der Waals surface area contributed by atoms with Crippen molar-refractivity contribution >= 4 is 22.6 Å². The maximum absolute atomic E-state index is 12.4. The summed E-state index contributed by atoms with van der Waals surface area (Å²) in [5.74, 6) is -0.389. The van der Waals surface area contributed by atoms with Crippen LogP contribution in [-0.2, 0) is 22.5 Å². The Hall–Kier alpha value is -3.68. The standard InChI is InChI=1S/C20H19N3O5/c1-27-17-8-7-12(9-15(17)20(26)28-2)11-21-18(24)10-16-13-5-3-4-6-14(13)19(25)23-22-16/h3-9H,10-11H2,1-2H3,(H,21,24)(H,23,25). The van der Waals surface area contributed by atoms with Gasteiger partial charge >= 0.3 is 5.97 Å². The molecule has 0 spiro atoms. The molecule has 0 fully saturated rings. The molecule has 1 aromatic heterocycles. The summed E-state index contributed by atoms with van der Waals surface area (Å²) in [6, 6.07) is 12.0. The van der Waals surface area contributed by atoms with Crippen molar-refractivity contribution in [3.05, 3.63) is 69.6 Å². The van der Waals surface area contributed by atoms with Gasteiger partial charge in [0, 0.05) is 11.9 Å². The summed E-state index contributed by atoms with van der Waals surface area (Å²) in [4.78, 5) is 36.0. The highest BCUT2D eigenvalue weighted by Gasteiger charge is 2.14. The molecule has 1 amide bonds. The number of fused-ring (bicyclic) bond motifs is 1. The number of amides is 1. The third-order valence-electron chi connectivity index (χ3n) is 4.26. The first-order chi connectivity index (χ1) is 13.5. The van der Waals surface area contributed by atoms with Gasteiger partial charge in [0.25, 0.3) is 5.56 Å². The van der Waals surface area contributed by atoms with Gasteiger partial charge in [0.1, 0.15) is 11.3 Å². The second-order valence-electron chi connectivity index (χ2n) is 6.02. The summed E-state index contributed by atoms with van der Waals surface area (Å²) in [6.07, 6.45) is 0.0112. The summed E-state index contributed by atoms with van der Waals surface area (Å²) in [6.45, 7) is 0.216. The highest BCUT2D eigenvalue weighted by atomic mass is 16.5. The molecular formula is C20H19N3O5. The minimum Gasteiger partial charge on any atom is -0.496 e. The molecule has 0 aliphatic rings. The first kappa shape index (κ1) is 19.1. The van der Waals surface area contributed by atoms with Gasteiger partial charge in [-0.1, -0.05) is 24.3 Å². The number of carbonyl (C=O) groups excluding carboxylic acids is 2. The number of aromatic nitrogens is 2. The molecule has 2 N–H and O–H groups in total. The quantitative estimate of drug-likeness (QED) is 0.627. The molecule has 0 aliphatic carbocycles. The fourth-order valence-electron chi connectivity index (χ4n) is 2.86. The molecule has 28 heavy (non-hydrogen) atoms. The maximum Gasteiger partial charge on any atom is 0.341 e. The number of hydrogen-bond donors (Lipinski definition) is 2. The highest BCUT2D eigenvalue weighted by molar-refractivity contribution is 5.92. The lowest BCUT2D eigenvalue weighted by molar-refractivity contribution is -0.120. The van der Waals surface area contributed by atoms with Crippen molar-refractivity contribution in [2.45, 2.75) is 13.0 Å². The van der Waals surface area contributed by atoms with Crippen LogP contribution in [-0.4, -0.2) is 36.3 Å². The largest absolute Gasteiger partial charge is 0.496 e. The number of nitrogens with one attached hydrogen (secondary N) is 2. The molecule has 0 atom stereocenters. The van der Waals surface area contributed by atoms with Crippen molar-refractivity contribution in [2.75, 3.05) is 14.2 Å². The van der Waals surface area contributed by atoms with Crippen molar-refractivity contribution in [3.63, 3.8) is 0 Å². The summed E-state index contributed by atoms with van der Waals surface area (Å²) in [5.41, 5.74) is 1.19. The predicted molar refractivity (Wildman–Crippen MR) is 102 cm³/mol. The van der Waals surface area contributed by atoms with E-state index in [1.54, 1.807) is 42.5 Å². The number of methoxy groups -OCH3 is 2. The number of benzene rings is 2. The molecule has 144 valence electrons. The molecule has 2 aromatic carbocycles. The Morgan fingerprint density at radius 1 is 1.11 bits per heavy atom. The van der Waals surface area contributed by atoms with Crippen LogP contribution >= 0.6 is 0 Å². The van der Waals surface area contributed by atoms with Gasteiger partial charge in [-0.3, -0.25) is 9.59 Å². The zero-order valence-corrected chi connectivity index (χ0v) is 15.4. The van der Waals surface area contributed by atoms with Gasteiger partial charge in [-0.25, -0.2) is 9.89 Å². The average Bonchev–Trinajstić information content (AvgIpc) is 2.73. The normalized spacial score (nSPS) is 10.5. The molecule has 0 unspecified atom stereocenters. The maximum atomic E-state index is 12.4. The molecule has 1 heterocycles. The third-order valence-corrected chi connectivity index (χ3v) is 4.26. The Morgan fingerprint density at radius 2 is 1.86 bits per heavy atom. The second kappa shape index (κ2) is 8.34. The molecule has 3 rings (SSSR count). The zero-order valence-electron chi connectivity index (χ0n) is 15.4. The topological polar surface area (TPSA) is 110 Å². The van der Waals surface area contributed by atoms with Crippen LogP contribution in [0.1, 0.15) is 21.6 Å². The molecule has 3 aromatic rings. The molecule has 8 heteroatoms. The fourth-order valence-corrected chi connectivity index (χ4v) is 2.86. The smallest absolute Gasteiger partial charge is 0.341 e. The van der Waals surface area contributed by atoms with Crippen LogP contribution in [0.2, 0.25) is 0 Å². The molecule has 8 nitrogen and oxygen atoms in total. The Balaban J connectivity index is 1.73. The molecule has 0 aliphatic heterocycles. The number of hydrogen-bond acceptors (Lipinski definition) is 6.